The third-order valence-corrected chi connectivity index (χ3v) is 4.66. The second-order valence-electron chi connectivity index (χ2n) is 7.71. The molecule has 0 aliphatic carbocycles. The first kappa shape index (κ1) is 23.0. The molecule has 0 saturated heterocycles. The fourth-order valence-corrected chi connectivity index (χ4v) is 2.81. The van der Waals surface area contributed by atoms with Crippen LogP contribution < -0.4 is 14.9 Å². The molecule has 0 radical (unpaired) electrons. The van der Waals surface area contributed by atoms with Crippen LogP contribution >= 0.6 is 0 Å². The highest BCUT2D eigenvalue weighted by atomic mass is 19.1. The molecule has 0 bridgehead atoms. The van der Waals surface area contributed by atoms with Crippen molar-refractivity contribution in [2.75, 3.05) is 6.61 Å². The average molecular weight is 435 g/mol. The molecule has 0 saturated carbocycles. The Balaban J connectivity index is 1.54. The van der Waals surface area contributed by atoms with Crippen LogP contribution in [0.25, 0.3) is 0 Å². The molecule has 0 fully saturated rings. The number of amides is 1. The van der Waals surface area contributed by atoms with Crippen LogP contribution in [0.3, 0.4) is 0 Å². The number of benzene rings is 3. The zero-order chi connectivity index (χ0) is 22.8. The van der Waals surface area contributed by atoms with Crippen LogP contribution in [0, 0.1) is 11.7 Å². The highest BCUT2D eigenvalue weighted by Crippen LogP contribution is 2.19. The number of para-hydroxylation sites is 1. The van der Waals surface area contributed by atoms with Gasteiger partial charge in [-0.2, -0.15) is 5.10 Å². The number of hydrogen-bond donors (Lipinski definition) is 1. The van der Waals surface area contributed by atoms with Crippen LogP contribution in [0.2, 0.25) is 0 Å². The molecule has 6 heteroatoms. The lowest BCUT2D eigenvalue weighted by atomic mass is 10.1. The molecule has 0 aliphatic rings. The minimum absolute atomic E-state index is 0.222. The first-order chi connectivity index (χ1) is 15.5. The van der Waals surface area contributed by atoms with Gasteiger partial charge in [-0.3, -0.25) is 4.79 Å². The lowest BCUT2D eigenvalue weighted by Crippen LogP contribution is -2.18. The number of nitrogens with zero attached hydrogens (tertiary/aromatic N) is 1. The molecule has 0 heterocycles. The van der Waals surface area contributed by atoms with E-state index in [0.717, 1.165) is 23.3 Å². The number of ether oxygens (including phenoxy) is 2. The lowest BCUT2D eigenvalue weighted by molar-refractivity contribution is 0.0950. The summed E-state index contributed by atoms with van der Waals surface area (Å²) in [5.41, 5.74) is 4.52. The van der Waals surface area contributed by atoms with Gasteiger partial charge in [0.25, 0.3) is 5.91 Å². The third kappa shape index (κ3) is 7.23. The summed E-state index contributed by atoms with van der Waals surface area (Å²) < 4.78 is 24.5. The van der Waals surface area contributed by atoms with E-state index in [2.05, 4.69) is 24.4 Å². The number of carbonyl (C=O) groups is 1. The number of hydrogen-bond acceptors (Lipinski definition) is 4. The number of rotatable bonds is 10. The molecule has 1 amide bonds. The van der Waals surface area contributed by atoms with Gasteiger partial charge in [0.15, 0.2) is 0 Å². The summed E-state index contributed by atoms with van der Waals surface area (Å²) in [4.78, 5) is 12.6. The number of nitrogens with one attached hydrogen (secondary N) is 1. The Morgan fingerprint density at radius 3 is 2.44 bits per heavy atom. The van der Waals surface area contributed by atoms with Crippen molar-refractivity contribution < 1.29 is 18.7 Å². The first-order valence-corrected chi connectivity index (χ1v) is 10.5. The van der Waals surface area contributed by atoms with Crippen molar-refractivity contribution >= 4 is 12.1 Å². The Hall–Kier alpha value is -3.67. The number of carbonyl (C=O) groups excluding carboxylic acids is 1. The summed E-state index contributed by atoms with van der Waals surface area (Å²) in [6.07, 6.45) is 2.57. The topological polar surface area (TPSA) is 59.9 Å². The van der Waals surface area contributed by atoms with Gasteiger partial charge in [0, 0.05) is 0 Å². The van der Waals surface area contributed by atoms with Crippen molar-refractivity contribution in [3.8, 4) is 11.5 Å². The maximum atomic E-state index is 13.0. The lowest BCUT2D eigenvalue weighted by Gasteiger charge is -2.10. The van der Waals surface area contributed by atoms with Crippen LogP contribution in [0.5, 0.6) is 11.5 Å². The predicted octanol–water partition coefficient (Wildman–Crippen LogP) is 5.59. The van der Waals surface area contributed by atoms with Crippen LogP contribution in [0.15, 0.2) is 77.9 Å². The molecule has 3 rings (SSSR count). The Labute approximate surface area is 187 Å². The molecule has 32 heavy (non-hydrogen) atoms. The second-order valence-corrected chi connectivity index (χ2v) is 7.71. The van der Waals surface area contributed by atoms with E-state index in [1.54, 1.807) is 42.6 Å². The molecule has 166 valence electrons. The van der Waals surface area contributed by atoms with Gasteiger partial charge in [-0.25, -0.2) is 9.82 Å². The Morgan fingerprint density at radius 2 is 1.72 bits per heavy atom. The molecule has 1 N–H and O–H groups in total. The van der Waals surface area contributed by atoms with Crippen LogP contribution in [-0.4, -0.2) is 18.7 Å². The standard InChI is InChI=1S/C26H27FN2O3/c1-19(2)15-16-31-23-13-9-20(10-14-23)17-28-29-26(30)24-5-3-4-6-25(24)32-18-21-7-11-22(27)12-8-21/h3-14,17,19H,15-16,18H2,1-2H3,(H,29,30). The van der Waals surface area contributed by atoms with Crippen molar-refractivity contribution in [2.24, 2.45) is 11.0 Å². The second kappa shape index (κ2) is 11.6. The monoisotopic (exact) mass is 434 g/mol. The SMILES string of the molecule is CC(C)CCOc1ccc(C=NNC(=O)c2ccccc2OCc2ccc(F)cc2)cc1. The zero-order valence-electron chi connectivity index (χ0n) is 18.3. The van der Waals surface area contributed by atoms with Crippen molar-refractivity contribution in [3.63, 3.8) is 0 Å². The molecule has 0 atom stereocenters. The van der Waals surface area contributed by atoms with Crippen molar-refractivity contribution in [1.82, 2.24) is 5.43 Å². The number of halogens is 1. The fourth-order valence-electron chi connectivity index (χ4n) is 2.81. The Bertz CT molecular complexity index is 1030. The van der Waals surface area contributed by atoms with E-state index in [-0.39, 0.29) is 18.3 Å². The minimum atomic E-state index is -0.385. The summed E-state index contributed by atoms with van der Waals surface area (Å²) in [6.45, 7) is 5.23. The maximum absolute atomic E-state index is 13.0. The van der Waals surface area contributed by atoms with E-state index >= 15 is 0 Å². The average Bonchev–Trinajstić information content (AvgIpc) is 2.79. The van der Waals surface area contributed by atoms with Crippen LogP contribution in [0.4, 0.5) is 4.39 Å². The summed E-state index contributed by atoms with van der Waals surface area (Å²) in [5, 5.41) is 4.04. The summed E-state index contributed by atoms with van der Waals surface area (Å²) in [7, 11) is 0. The van der Waals surface area contributed by atoms with Gasteiger partial charge in [0.2, 0.25) is 0 Å². The minimum Gasteiger partial charge on any atom is -0.494 e. The van der Waals surface area contributed by atoms with E-state index in [0.29, 0.717) is 23.8 Å². The highest BCUT2D eigenvalue weighted by molar-refractivity contribution is 5.97. The van der Waals surface area contributed by atoms with Crippen molar-refractivity contribution in [1.29, 1.82) is 0 Å². The molecule has 5 nitrogen and oxygen atoms in total. The Kier molecular flexibility index (Phi) is 8.37. The third-order valence-electron chi connectivity index (χ3n) is 4.66. The van der Waals surface area contributed by atoms with E-state index in [1.807, 2.05) is 24.3 Å². The van der Waals surface area contributed by atoms with Crippen molar-refractivity contribution in [2.45, 2.75) is 26.9 Å². The van der Waals surface area contributed by atoms with Gasteiger partial charge >= 0.3 is 0 Å². The summed E-state index contributed by atoms with van der Waals surface area (Å²) in [6, 6.07) is 20.4. The predicted molar refractivity (Wildman–Crippen MR) is 124 cm³/mol. The fraction of sp³-hybridized carbons (Fsp3) is 0.231. The van der Waals surface area contributed by atoms with Crippen LogP contribution in [0.1, 0.15) is 41.8 Å². The van der Waals surface area contributed by atoms with Crippen molar-refractivity contribution in [3.05, 3.63) is 95.3 Å². The maximum Gasteiger partial charge on any atom is 0.275 e. The Morgan fingerprint density at radius 1 is 1.00 bits per heavy atom. The highest BCUT2D eigenvalue weighted by Gasteiger charge is 2.11. The quantitative estimate of drug-likeness (QED) is 0.334. The molecule has 0 unspecified atom stereocenters. The first-order valence-electron chi connectivity index (χ1n) is 10.5. The van der Waals surface area contributed by atoms with Crippen LogP contribution in [-0.2, 0) is 6.61 Å². The molecule has 0 aliphatic heterocycles. The van der Waals surface area contributed by atoms with E-state index in [1.165, 1.54) is 12.1 Å². The molecular weight excluding hydrogens is 407 g/mol. The van der Waals surface area contributed by atoms with E-state index < -0.39 is 0 Å². The molecule has 3 aromatic carbocycles. The van der Waals surface area contributed by atoms with Gasteiger partial charge in [-0.15, -0.1) is 0 Å². The molecule has 0 aromatic heterocycles. The van der Waals surface area contributed by atoms with Gasteiger partial charge in [-0.1, -0.05) is 38.1 Å². The van der Waals surface area contributed by atoms with Gasteiger partial charge in [0.05, 0.1) is 18.4 Å². The molecule has 3 aromatic rings. The van der Waals surface area contributed by atoms with E-state index in [9.17, 15) is 9.18 Å². The number of hydrazone groups is 1. The summed E-state index contributed by atoms with van der Waals surface area (Å²) in [5.74, 6) is 1.14. The van der Waals surface area contributed by atoms with E-state index in [4.69, 9.17) is 9.47 Å². The summed E-state index contributed by atoms with van der Waals surface area (Å²) >= 11 is 0. The normalized spacial score (nSPS) is 11.0. The molecule has 0 spiro atoms. The van der Waals surface area contributed by atoms with Gasteiger partial charge < -0.3 is 9.47 Å². The molecular formula is C26H27FN2O3. The smallest absolute Gasteiger partial charge is 0.275 e. The zero-order valence-corrected chi connectivity index (χ0v) is 18.3. The van der Waals surface area contributed by atoms with Gasteiger partial charge in [-0.05, 0) is 72.0 Å². The van der Waals surface area contributed by atoms with Gasteiger partial charge in [0.1, 0.15) is 23.9 Å². The largest absolute Gasteiger partial charge is 0.494 e.